The Balaban J connectivity index is 2.96. The van der Waals surface area contributed by atoms with Crippen LogP contribution in [0.2, 0.25) is 0 Å². The molecule has 0 aliphatic carbocycles. The Bertz CT molecular complexity index is 627. The predicted octanol–water partition coefficient (Wildman–Crippen LogP) is 2.30. The second-order valence-electron chi connectivity index (χ2n) is 2.94. The first kappa shape index (κ1) is 10.3. The molecule has 2 aromatic rings. The summed E-state index contributed by atoms with van der Waals surface area (Å²) in [5.74, 6) is -0.645. The Morgan fingerprint density at radius 1 is 1.33 bits per heavy atom. The molecular weight excluding hydrogens is 241 g/mol. The van der Waals surface area contributed by atoms with Crippen LogP contribution in [0.15, 0.2) is 35.5 Å². The van der Waals surface area contributed by atoms with Crippen LogP contribution in [0.4, 0.5) is 4.39 Å². The van der Waals surface area contributed by atoms with E-state index in [9.17, 15) is 12.8 Å². The van der Waals surface area contributed by atoms with Gasteiger partial charge in [-0.3, -0.25) is 4.98 Å². The molecule has 2 rings (SSSR count). The maximum atomic E-state index is 13.1. The highest BCUT2D eigenvalue weighted by Gasteiger charge is 2.15. The number of hydrogen-bond acceptors (Lipinski definition) is 3. The normalized spacial score (nSPS) is 11.9. The molecule has 0 saturated heterocycles. The van der Waals surface area contributed by atoms with Crippen molar-refractivity contribution in [3.8, 4) is 0 Å². The zero-order chi connectivity index (χ0) is 11.1. The topological polar surface area (TPSA) is 47.0 Å². The smallest absolute Gasteiger partial charge is 0.262 e. The standard InChI is InChI=1S/C9H5ClFNO2S/c10-15(13,14)9-4-7(11)3-6-1-2-12-5-8(6)9/h1-5H. The van der Waals surface area contributed by atoms with E-state index in [0.29, 0.717) is 10.8 Å². The molecule has 0 unspecified atom stereocenters. The van der Waals surface area contributed by atoms with E-state index in [1.165, 1.54) is 24.5 Å². The molecule has 0 aliphatic heterocycles. The number of benzene rings is 1. The first-order valence-corrected chi connectivity index (χ1v) is 6.27. The van der Waals surface area contributed by atoms with Crippen LogP contribution in [-0.2, 0) is 9.05 Å². The third-order valence-electron chi connectivity index (χ3n) is 1.95. The molecule has 0 saturated carbocycles. The largest absolute Gasteiger partial charge is 0.264 e. The van der Waals surface area contributed by atoms with E-state index in [0.717, 1.165) is 6.07 Å². The van der Waals surface area contributed by atoms with Crippen molar-refractivity contribution in [1.82, 2.24) is 4.98 Å². The van der Waals surface area contributed by atoms with E-state index in [4.69, 9.17) is 10.7 Å². The molecule has 0 atom stereocenters. The van der Waals surface area contributed by atoms with Crippen molar-refractivity contribution in [3.05, 3.63) is 36.4 Å². The van der Waals surface area contributed by atoms with E-state index in [1.807, 2.05) is 0 Å². The molecule has 3 nitrogen and oxygen atoms in total. The number of fused-ring (bicyclic) bond motifs is 1. The third kappa shape index (κ3) is 1.93. The fourth-order valence-corrected chi connectivity index (χ4v) is 2.40. The van der Waals surface area contributed by atoms with Crippen LogP contribution in [0.1, 0.15) is 0 Å². The maximum absolute atomic E-state index is 13.1. The second kappa shape index (κ2) is 3.43. The van der Waals surface area contributed by atoms with Gasteiger partial charge in [-0.15, -0.1) is 0 Å². The van der Waals surface area contributed by atoms with Crippen LogP contribution in [-0.4, -0.2) is 13.4 Å². The lowest BCUT2D eigenvalue weighted by Gasteiger charge is -2.02. The van der Waals surface area contributed by atoms with Crippen molar-refractivity contribution < 1.29 is 12.8 Å². The SMILES string of the molecule is O=S(=O)(Cl)c1cc(F)cc2ccncc12. The highest BCUT2D eigenvalue weighted by Crippen LogP contribution is 2.26. The zero-order valence-electron chi connectivity index (χ0n) is 7.31. The van der Waals surface area contributed by atoms with E-state index >= 15 is 0 Å². The number of pyridine rings is 1. The molecule has 6 heteroatoms. The molecule has 0 bridgehead atoms. The minimum atomic E-state index is -3.96. The van der Waals surface area contributed by atoms with E-state index < -0.39 is 14.9 Å². The number of rotatable bonds is 1. The molecule has 0 aliphatic rings. The van der Waals surface area contributed by atoms with Crippen molar-refractivity contribution >= 4 is 30.5 Å². The number of hydrogen-bond donors (Lipinski definition) is 0. The minimum absolute atomic E-state index is 0.257. The molecule has 0 N–H and O–H groups in total. The average Bonchev–Trinajstić information content (AvgIpc) is 2.15. The summed E-state index contributed by atoms with van der Waals surface area (Å²) in [5.41, 5.74) is 0. The molecule has 0 spiro atoms. The molecule has 0 radical (unpaired) electrons. The summed E-state index contributed by atoms with van der Waals surface area (Å²) in [6, 6.07) is 3.62. The van der Waals surface area contributed by atoms with E-state index in [2.05, 4.69) is 4.98 Å². The first-order chi connectivity index (χ1) is 6.98. The van der Waals surface area contributed by atoms with Gasteiger partial charge < -0.3 is 0 Å². The van der Waals surface area contributed by atoms with Gasteiger partial charge >= 0.3 is 0 Å². The minimum Gasteiger partial charge on any atom is -0.264 e. The highest BCUT2D eigenvalue weighted by atomic mass is 35.7. The van der Waals surface area contributed by atoms with Gasteiger partial charge in [-0.05, 0) is 23.6 Å². The van der Waals surface area contributed by atoms with Gasteiger partial charge in [0.2, 0.25) is 0 Å². The third-order valence-corrected chi connectivity index (χ3v) is 3.31. The molecule has 78 valence electrons. The molecule has 0 amide bonds. The predicted molar refractivity (Wildman–Crippen MR) is 54.7 cm³/mol. The van der Waals surface area contributed by atoms with Gasteiger partial charge in [0.05, 0.1) is 4.90 Å². The summed E-state index contributed by atoms with van der Waals surface area (Å²) in [4.78, 5) is 3.51. The summed E-state index contributed by atoms with van der Waals surface area (Å²) >= 11 is 0. The van der Waals surface area contributed by atoms with Gasteiger partial charge in [0.1, 0.15) is 5.82 Å². The molecule has 1 aromatic heterocycles. The number of nitrogens with zero attached hydrogens (tertiary/aromatic N) is 1. The van der Waals surface area contributed by atoms with Gasteiger partial charge in [-0.1, -0.05) is 0 Å². The van der Waals surface area contributed by atoms with Crippen molar-refractivity contribution in [2.75, 3.05) is 0 Å². The fraction of sp³-hybridized carbons (Fsp3) is 0. The maximum Gasteiger partial charge on any atom is 0.262 e. The Hall–Kier alpha value is -1.20. The number of halogens is 2. The molecule has 1 heterocycles. The van der Waals surface area contributed by atoms with E-state index in [1.54, 1.807) is 0 Å². The molecule has 0 fully saturated rings. The lowest BCUT2D eigenvalue weighted by atomic mass is 10.2. The molecule has 15 heavy (non-hydrogen) atoms. The summed E-state index contributed by atoms with van der Waals surface area (Å²) < 4.78 is 35.4. The van der Waals surface area contributed by atoms with E-state index in [-0.39, 0.29) is 4.90 Å². The summed E-state index contributed by atoms with van der Waals surface area (Å²) in [6.07, 6.45) is 2.79. The van der Waals surface area contributed by atoms with Crippen LogP contribution in [0.25, 0.3) is 10.8 Å². The number of aromatic nitrogens is 1. The monoisotopic (exact) mass is 245 g/mol. The van der Waals surface area contributed by atoms with Crippen LogP contribution in [0, 0.1) is 5.82 Å². The second-order valence-corrected chi connectivity index (χ2v) is 5.47. The molecular formula is C9H5ClFNO2S. The summed E-state index contributed by atoms with van der Waals surface area (Å²) in [6.45, 7) is 0. The lowest BCUT2D eigenvalue weighted by Crippen LogP contribution is -1.94. The van der Waals surface area contributed by atoms with Crippen molar-refractivity contribution in [2.24, 2.45) is 0 Å². The Morgan fingerprint density at radius 3 is 2.73 bits per heavy atom. The Labute approximate surface area is 89.9 Å². The average molecular weight is 246 g/mol. The van der Waals surface area contributed by atoms with Gasteiger partial charge in [0.15, 0.2) is 0 Å². The van der Waals surface area contributed by atoms with Crippen LogP contribution in [0.5, 0.6) is 0 Å². The lowest BCUT2D eigenvalue weighted by molar-refractivity contribution is 0.604. The zero-order valence-corrected chi connectivity index (χ0v) is 8.89. The van der Waals surface area contributed by atoms with Gasteiger partial charge in [-0.2, -0.15) is 0 Å². The van der Waals surface area contributed by atoms with Gasteiger partial charge in [-0.25, -0.2) is 12.8 Å². The molecule has 1 aromatic carbocycles. The van der Waals surface area contributed by atoms with Crippen LogP contribution < -0.4 is 0 Å². The Morgan fingerprint density at radius 2 is 2.07 bits per heavy atom. The van der Waals surface area contributed by atoms with Crippen molar-refractivity contribution in [1.29, 1.82) is 0 Å². The van der Waals surface area contributed by atoms with Crippen molar-refractivity contribution in [3.63, 3.8) is 0 Å². The highest BCUT2D eigenvalue weighted by molar-refractivity contribution is 8.14. The summed E-state index contributed by atoms with van der Waals surface area (Å²) in [7, 11) is 1.23. The Kier molecular flexibility index (Phi) is 2.36. The fourth-order valence-electron chi connectivity index (χ4n) is 1.33. The van der Waals surface area contributed by atoms with Gasteiger partial charge in [0.25, 0.3) is 9.05 Å². The van der Waals surface area contributed by atoms with Crippen LogP contribution in [0.3, 0.4) is 0 Å². The van der Waals surface area contributed by atoms with Crippen molar-refractivity contribution in [2.45, 2.75) is 4.90 Å². The van der Waals surface area contributed by atoms with Crippen LogP contribution >= 0.6 is 10.7 Å². The first-order valence-electron chi connectivity index (χ1n) is 3.96. The summed E-state index contributed by atoms with van der Waals surface area (Å²) in [5, 5.41) is 0.762. The quantitative estimate of drug-likeness (QED) is 0.725. The van der Waals surface area contributed by atoms with Gasteiger partial charge in [0, 0.05) is 28.5 Å².